The van der Waals surface area contributed by atoms with E-state index in [0.717, 1.165) is 41.7 Å². The molecule has 0 aliphatic heterocycles. The van der Waals surface area contributed by atoms with Crippen molar-refractivity contribution in [1.29, 1.82) is 0 Å². The number of aryl methyl sites for hydroxylation is 2. The average molecular weight is 396 g/mol. The highest BCUT2D eigenvalue weighted by molar-refractivity contribution is 7.18. The van der Waals surface area contributed by atoms with E-state index in [2.05, 4.69) is 62.3 Å². The lowest BCUT2D eigenvalue weighted by Gasteiger charge is -2.20. The molecule has 2 N–H and O–H groups in total. The first-order valence-corrected chi connectivity index (χ1v) is 11.2. The van der Waals surface area contributed by atoms with Crippen molar-refractivity contribution < 1.29 is 0 Å². The maximum Gasteiger partial charge on any atom is 0.259 e. The third-order valence-electron chi connectivity index (χ3n) is 5.98. The van der Waals surface area contributed by atoms with Crippen LogP contribution in [-0.2, 0) is 19.3 Å². The third-order valence-corrected chi connectivity index (χ3v) is 7.13. The van der Waals surface area contributed by atoms with Gasteiger partial charge in [-0.15, -0.1) is 11.3 Å². The van der Waals surface area contributed by atoms with E-state index in [1.165, 1.54) is 21.6 Å². The number of rotatable bonds is 5. The van der Waals surface area contributed by atoms with Crippen LogP contribution in [-0.4, -0.2) is 9.97 Å². The topological polar surface area (TPSA) is 57.8 Å². The average Bonchev–Trinajstić information content (AvgIpc) is 3.05. The molecule has 0 fully saturated rings. The van der Waals surface area contributed by atoms with Gasteiger partial charge in [0.05, 0.1) is 11.4 Å². The molecular formula is C23H29N3OS. The first-order chi connectivity index (χ1) is 13.5. The van der Waals surface area contributed by atoms with E-state index in [4.69, 9.17) is 4.98 Å². The van der Waals surface area contributed by atoms with Gasteiger partial charge in [-0.3, -0.25) is 4.79 Å². The van der Waals surface area contributed by atoms with E-state index in [1.54, 1.807) is 11.3 Å². The molecule has 4 nitrogen and oxygen atoms in total. The van der Waals surface area contributed by atoms with Crippen molar-refractivity contribution in [3.8, 4) is 0 Å². The van der Waals surface area contributed by atoms with Crippen LogP contribution in [0.15, 0.2) is 29.1 Å². The molecule has 2 heterocycles. The zero-order chi connectivity index (χ0) is 19.8. The summed E-state index contributed by atoms with van der Waals surface area (Å²) in [6.07, 6.45) is 4.28. The van der Waals surface area contributed by atoms with Gasteiger partial charge in [-0.25, -0.2) is 4.98 Å². The summed E-state index contributed by atoms with van der Waals surface area (Å²) in [5.74, 6) is 1.42. The highest BCUT2D eigenvalue weighted by Gasteiger charge is 2.24. The van der Waals surface area contributed by atoms with Crippen LogP contribution >= 0.6 is 11.3 Å². The number of benzene rings is 1. The van der Waals surface area contributed by atoms with E-state index in [9.17, 15) is 4.79 Å². The van der Waals surface area contributed by atoms with Crippen molar-refractivity contribution in [1.82, 2.24) is 15.3 Å². The molecule has 0 saturated heterocycles. The number of nitrogens with one attached hydrogen (secondary N) is 2. The first kappa shape index (κ1) is 19.3. The molecule has 0 radical (unpaired) electrons. The lowest BCUT2D eigenvalue weighted by Crippen LogP contribution is -2.26. The van der Waals surface area contributed by atoms with E-state index >= 15 is 0 Å². The Morgan fingerprint density at radius 3 is 2.71 bits per heavy atom. The summed E-state index contributed by atoms with van der Waals surface area (Å²) < 4.78 is 0. The molecule has 5 heteroatoms. The second-order valence-corrected chi connectivity index (χ2v) is 9.27. The van der Waals surface area contributed by atoms with Crippen molar-refractivity contribution in [2.45, 2.75) is 65.5 Å². The van der Waals surface area contributed by atoms with Crippen LogP contribution in [0.1, 0.15) is 73.6 Å². The van der Waals surface area contributed by atoms with E-state index in [-0.39, 0.29) is 17.6 Å². The number of thiophene rings is 1. The standard InChI is InChI=1S/C23H29N3OS/c1-5-16-7-9-17(10-8-16)14(3)24-15(4)21-25-22(27)20-18-11-6-13(2)12-19(18)28-23(20)26-21/h7-10,13-15,24H,5-6,11-12H2,1-4H3,(H,25,26,27). The molecule has 3 unspecified atom stereocenters. The summed E-state index contributed by atoms with van der Waals surface area (Å²) >= 11 is 1.71. The number of hydrogen-bond donors (Lipinski definition) is 2. The van der Waals surface area contributed by atoms with Crippen LogP contribution in [0.2, 0.25) is 0 Å². The molecule has 148 valence electrons. The minimum Gasteiger partial charge on any atom is -0.309 e. The quantitative estimate of drug-likeness (QED) is 0.633. The minimum atomic E-state index is -0.0315. The molecule has 1 aliphatic rings. The van der Waals surface area contributed by atoms with Crippen LogP contribution in [0, 0.1) is 5.92 Å². The van der Waals surface area contributed by atoms with Crippen LogP contribution in [0.5, 0.6) is 0 Å². The zero-order valence-corrected chi connectivity index (χ0v) is 18.0. The van der Waals surface area contributed by atoms with Crippen molar-refractivity contribution in [2.24, 2.45) is 5.92 Å². The monoisotopic (exact) mass is 395 g/mol. The number of aromatic nitrogens is 2. The summed E-state index contributed by atoms with van der Waals surface area (Å²) in [6.45, 7) is 8.67. The Bertz CT molecular complexity index is 1030. The highest BCUT2D eigenvalue weighted by atomic mass is 32.1. The lowest BCUT2D eigenvalue weighted by atomic mass is 9.89. The molecular weight excluding hydrogens is 366 g/mol. The van der Waals surface area contributed by atoms with Gasteiger partial charge in [0, 0.05) is 10.9 Å². The Kier molecular flexibility index (Phi) is 5.39. The molecule has 1 aromatic carbocycles. The largest absolute Gasteiger partial charge is 0.309 e. The van der Waals surface area contributed by atoms with Gasteiger partial charge in [0.2, 0.25) is 0 Å². The number of H-pyrrole nitrogens is 1. The number of fused-ring (bicyclic) bond motifs is 3. The molecule has 0 bridgehead atoms. The van der Waals surface area contributed by atoms with Gasteiger partial charge in [-0.1, -0.05) is 38.1 Å². The van der Waals surface area contributed by atoms with Crippen LogP contribution in [0.4, 0.5) is 0 Å². The third kappa shape index (κ3) is 3.65. The predicted octanol–water partition coefficient (Wildman–Crippen LogP) is 5.08. The lowest BCUT2D eigenvalue weighted by molar-refractivity contribution is 0.477. The number of nitrogens with zero attached hydrogens (tertiary/aromatic N) is 1. The zero-order valence-electron chi connectivity index (χ0n) is 17.1. The minimum absolute atomic E-state index is 0.0145. The Hall–Kier alpha value is -1.98. The van der Waals surface area contributed by atoms with Gasteiger partial charge in [-0.2, -0.15) is 0 Å². The Balaban J connectivity index is 1.58. The van der Waals surface area contributed by atoms with Crippen molar-refractivity contribution in [2.75, 3.05) is 0 Å². The molecule has 0 amide bonds. The predicted molar refractivity (Wildman–Crippen MR) is 117 cm³/mol. The molecule has 4 rings (SSSR count). The summed E-state index contributed by atoms with van der Waals surface area (Å²) in [5, 5.41) is 4.41. The second kappa shape index (κ2) is 7.80. The molecule has 0 saturated carbocycles. The van der Waals surface area contributed by atoms with E-state index in [1.807, 2.05) is 0 Å². The maximum absolute atomic E-state index is 12.8. The van der Waals surface area contributed by atoms with Gasteiger partial charge >= 0.3 is 0 Å². The van der Waals surface area contributed by atoms with E-state index < -0.39 is 0 Å². The fraction of sp³-hybridized carbons (Fsp3) is 0.478. The Morgan fingerprint density at radius 1 is 1.25 bits per heavy atom. The SMILES string of the molecule is CCc1ccc(C(C)NC(C)c2nc3sc4c(c3c(=O)[nH]2)CCC(C)C4)cc1. The van der Waals surface area contributed by atoms with Crippen molar-refractivity contribution in [3.05, 3.63) is 62.0 Å². The number of hydrogen-bond acceptors (Lipinski definition) is 4. The molecule has 28 heavy (non-hydrogen) atoms. The van der Waals surface area contributed by atoms with Gasteiger partial charge in [0.15, 0.2) is 0 Å². The molecule has 3 atom stereocenters. The normalized spacial score (nSPS) is 18.8. The van der Waals surface area contributed by atoms with Gasteiger partial charge in [0.25, 0.3) is 5.56 Å². The summed E-state index contributed by atoms with van der Waals surface area (Å²) in [6, 6.07) is 8.87. The summed E-state index contributed by atoms with van der Waals surface area (Å²) in [4.78, 5) is 23.0. The fourth-order valence-electron chi connectivity index (χ4n) is 4.16. The second-order valence-electron chi connectivity index (χ2n) is 8.19. The first-order valence-electron chi connectivity index (χ1n) is 10.4. The maximum atomic E-state index is 12.8. The highest BCUT2D eigenvalue weighted by Crippen LogP contribution is 2.35. The summed E-state index contributed by atoms with van der Waals surface area (Å²) in [5.41, 5.74) is 3.84. The Morgan fingerprint density at radius 2 is 2.00 bits per heavy atom. The molecule has 3 aromatic rings. The molecule has 2 aromatic heterocycles. The molecule has 1 aliphatic carbocycles. The van der Waals surface area contributed by atoms with Gasteiger partial charge in [-0.05, 0) is 62.1 Å². The fourth-order valence-corrected chi connectivity index (χ4v) is 5.55. The molecule has 0 spiro atoms. The van der Waals surface area contributed by atoms with Gasteiger partial charge in [0.1, 0.15) is 10.7 Å². The number of aromatic amines is 1. The van der Waals surface area contributed by atoms with Crippen molar-refractivity contribution >= 4 is 21.6 Å². The van der Waals surface area contributed by atoms with Crippen molar-refractivity contribution in [3.63, 3.8) is 0 Å². The van der Waals surface area contributed by atoms with Crippen LogP contribution < -0.4 is 10.9 Å². The van der Waals surface area contributed by atoms with E-state index in [0.29, 0.717) is 5.92 Å². The summed E-state index contributed by atoms with van der Waals surface area (Å²) in [7, 11) is 0. The van der Waals surface area contributed by atoms with Crippen LogP contribution in [0.3, 0.4) is 0 Å². The smallest absolute Gasteiger partial charge is 0.259 e. The van der Waals surface area contributed by atoms with Gasteiger partial charge < -0.3 is 10.3 Å². The Labute approximate surface area is 170 Å². The van der Waals surface area contributed by atoms with Crippen LogP contribution in [0.25, 0.3) is 10.2 Å².